The zero-order valence-corrected chi connectivity index (χ0v) is 9.10. The number of halogens is 5. The molecule has 84 valence electrons. The average Bonchev–Trinajstić information content (AvgIpc) is 2.16. The van der Waals surface area contributed by atoms with Crippen LogP contribution in [0.5, 0.6) is 0 Å². The molecule has 0 aliphatic rings. The molecule has 0 bridgehead atoms. The predicted molar refractivity (Wildman–Crippen MR) is 52.2 cm³/mol. The van der Waals surface area contributed by atoms with Crippen LogP contribution in [0.4, 0.5) is 17.6 Å². The highest BCUT2D eigenvalue weighted by Crippen LogP contribution is 2.35. The SMILES string of the molecule is Fc1ncc2cc(Br)cc(C(F)(F)F)c2n1. The largest absolute Gasteiger partial charge is 0.418 e. The molecule has 0 spiro atoms. The van der Waals surface area contributed by atoms with Crippen molar-refractivity contribution in [1.82, 2.24) is 9.97 Å². The molecule has 0 saturated carbocycles. The monoisotopic (exact) mass is 294 g/mol. The molecular formula is C9H3BrF4N2. The van der Waals surface area contributed by atoms with Crippen molar-refractivity contribution in [3.63, 3.8) is 0 Å². The van der Waals surface area contributed by atoms with E-state index in [0.717, 1.165) is 12.3 Å². The fourth-order valence-corrected chi connectivity index (χ4v) is 1.78. The maximum atomic E-state index is 12.7. The second-order valence-electron chi connectivity index (χ2n) is 3.03. The van der Waals surface area contributed by atoms with Gasteiger partial charge < -0.3 is 0 Å². The van der Waals surface area contributed by atoms with Crippen molar-refractivity contribution < 1.29 is 17.6 Å². The van der Waals surface area contributed by atoms with Crippen LogP contribution in [-0.4, -0.2) is 9.97 Å². The molecule has 0 radical (unpaired) electrons. The summed E-state index contributed by atoms with van der Waals surface area (Å²) in [6, 6.07) is 2.25. The number of rotatable bonds is 0. The Morgan fingerprint density at radius 3 is 2.50 bits per heavy atom. The molecule has 2 rings (SSSR count). The third kappa shape index (κ3) is 1.99. The molecular weight excluding hydrogens is 292 g/mol. The molecule has 0 atom stereocenters. The van der Waals surface area contributed by atoms with Crippen molar-refractivity contribution in [3.05, 3.63) is 34.4 Å². The van der Waals surface area contributed by atoms with Crippen LogP contribution in [0.1, 0.15) is 5.56 Å². The number of benzene rings is 1. The van der Waals surface area contributed by atoms with E-state index in [1.165, 1.54) is 6.07 Å². The highest BCUT2D eigenvalue weighted by Gasteiger charge is 2.33. The van der Waals surface area contributed by atoms with E-state index < -0.39 is 23.3 Å². The van der Waals surface area contributed by atoms with Gasteiger partial charge in [0.25, 0.3) is 0 Å². The average molecular weight is 295 g/mol. The minimum Gasteiger partial charge on any atom is -0.210 e. The second-order valence-corrected chi connectivity index (χ2v) is 3.94. The van der Waals surface area contributed by atoms with Crippen molar-refractivity contribution in [2.75, 3.05) is 0 Å². The topological polar surface area (TPSA) is 25.8 Å². The molecule has 1 aromatic carbocycles. The number of aromatic nitrogens is 2. The maximum absolute atomic E-state index is 12.7. The Balaban J connectivity index is 2.85. The maximum Gasteiger partial charge on any atom is 0.418 e. The predicted octanol–water partition coefficient (Wildman–Crippen LogP) is 3.55. The first-order chi connectivity index (χ1) is 7.38. The van der Waals surface area contributed by atoms with E-state index in [-0.39, 0.29) is 9.86 Å². The molecule has 0 saturated heterocycles. The Morgan fingerprint density at radius 1 is 1.19 bits per heavy atom. The van der Waals surface area contributed by atoms with Crippen LogP contribution in [0.2, 0.25) is 0 Å². The summed E-state index contributed by atoms with van der Waals surface area (Å²) in [5, 5.41) is 0.128. The van der Waals surface area contributed by atoms with E-state index in [2.05, 4.69) is 25.9 Å². The van der Waals surface area contributed by atoms with Gasteiger partial charge in [0.15, 0.2) is 0 Å². The molecule has 1 aromatic heterocycles. The summed E-state index contributed by atoms with van der Waals surface area (Å²) in [5.41, 5.74) is -1.43. The molecule has 0 amide bonds. The normalized spacial score (nSPS) is 12.1. The zero-order valence-electron chi connectivity index (χ0n) is 7.52. The number of fused-ring (bicyclic) bond motifs is 1. The van der Waals surface area contributed by atoms with Crippen LogP contribution in [-0.2, 0) is 6.18 Å². The number of alkyl halides is 3. The number of hydrogen-bond donors (Lipinski definition) is 0. The standard InChI is InChI=1S/C9H3BrF4N2/c10-5-1-4-3-15-8(11)16-7(4)6(2-5)9(12,13)14/h1-3H. The van der Waals surface area contributed by atoms with Gasteiger partial charge in [-0.3, -0.25) is 0 Å². The fraction of sp³-hybridized carbons (Fsp3) is 0.111. The van der Waals surface area contributed by atoms with E-state index in [0.29, 0.717) is 0 Å². The fourth-order valence-electron chi connectivity index (χ4n) is 1.30. The molecule has 7 heteroatoms. The molecule has 2 aromatic rings. The molecule has 16 heavy (non-hydrogen) atoms. The lowest BCUT2D eigenvalue weighted by Gasteiger charge is -2.09. The first-order valence-corrected chi connectivity index (χ1v) is 4.86. The van der Waals surface area contributed by atoms with Gasteiger partial charge in [0.05, 0.1) is 11.1 Å². The molecule has 0 fully saturated rings. The van der Waals surface area contributed by atoms with Crippen molar-refractivity contribution in [2.24, 2.45) is 0 Å². The highest BCUT2D eigenvalue weighted by molar-refractivity contribution is 9.10. The van der Waals surface area contributed by atoms with Crippen LogP contribution in [0, 0.1) is 6.08 Å². The summed E-state index contributed by atoms with van der Waals surface area (Å²) in [4.78, 5) is 6.37. The van der Waals surface area contributed by atoms with Gasteiger partial charge in [0, 0.05) is 16.1 Å². The lowest BCUT2D eigenvalue weighted by Crippen LogP contribution is -2.07. The minimum absolute atomic E-state index is 0.128. The molecule has 0 unspecified atom stereocenters. The Hall–Kier alpha value is -1.24. The molecule has 2 nitrogen and oxygen atoms in total. The molecule has 0 aliphatic carbocycles. The second kappa shape index (κ2) is 3.65. The van der Waals surface area contributed by atoms with Crippen molar-refractivity contribution in [2.45, 2.75) is 6.18 Å². The van der Waals surface area contributed by atoms with Crippen molar-refractivity contribution >= 4 is 26.8 Å². The summed E-state index contributed by atoms with van der Waals surface area (Å²) in [6.07, 6.45) is -4.75. The number of nitrogens with zero attached hydrogens (tertiary/aromatic N) is 2. The van der Waals surface area contributed by atoms with E-state index in [1.54, 1.807) is 0 Å². The molecule has 1 heterocycles. The Kier molecular flexibility index (Phi) is 2.57. The van der Waals surface area contributed by atoms with Gasteiger partial charge in [-0.05, 0) is 12.1 Å². The summed E-state index contributed by atoms with van der Waals surface area (Å²) >= 11 is 2.94. The molecule has 0 N–H and O–H groups in total. The van der Waals surface area contributed by atoms with Gasteiger partial charge in [-0.25, -0.2) is 9.97 Å². The summed E-state index contributed by atoms with van der Waals surface area (Å²) in [6.45, 7) is 0. The van der Waals surface area contributed by atoms with Gasteiger partial charge in [-0.1, -0.05) is 15.9 Å². The van der Waals surface area contributed by atoms with E-state index >= 15 is 0 Å². The Labute approximate surface area is 95.4 Å². The Morgan fingerprint density at radius 2 is 1.88 bits per heavy atom. The minimum atomic E-state index is -4.58. The van der Waals surface area contributed by atoms with E-state index in [4.69, 9.17) is 0 Å². The van der Waals surface area contributed by atoms with E-state index in [1.807, 2.05) is 0 Å². The number of hydrogen-bond acceptors (Lipinski definition) is 2. The summed E-state index contributed by atoms with van der Waals surface area (Å²) < 4.78 is 50.8. The van der Waals surface area contributed by atoms with Crippen molar-refractivity contribution in [3.8, 4) is 0 Å². The lowest BCUT2D eigenvalue weighted by molar-refractivity contribution is -0.136. The zero-order chi connectivity index (χ0) is 11.9. The van der Waals surface area contributed by atoms with Crippen LogP contribution in [0.3, 0.4) is 0 Å². The van der Waals surface area contributed by atoms with Gasteiger partial charge in [-0.15, -0.1) is 0 Å². The van der Waals surface area contributed by atoms with Gasteiger partial charge >= 0.3 is 12.3 Å². The van der Waals surface area contributed by atoms with Crippen LogP contribution in [0.25, 0.3) is 10.9 Å². The first-order valence-electron chi connectivity index (χ1n) is 4.07. The summed E-state index contributed by atoms with van der Waals surface area (Å²) in [5.74, 6) is 0. The third-order valence-corrected chi connectivity index (χ3v) is 2.38. The van der Waals surface area contributed by atoms with E-state index in [9.17, 15) is 17.6 Å². The highest BCUT2D eigenvalue weighted by atomic mass is 79.9. The first kappa shape index (κ1) is 11.3. The van der Waals surface area contributed by atoms with Crippen LogP contribution < -0.4 is 0 Å². The van der Waals surface area contributed by atoms with Gasteiger partial charge in [0.1, 0.15) is 0 Å². The van der Waals surface area contributed by atoms with Crippen LogP contribution >= 0.6 is 15.9 Å². The molecule has 0 aliphatic heterocycles. The van der Waals surface area contributed by atoms with Gasteiger partial charge in [-0.2, -0.15) is 17.6 Å². The van der Waals surface area contributed by atoms with Gasteiger partial charge in [0.2, 0.25) is 0 Å². The quantitative estimate of drug-likeness (QED) is 0.548. The Bertz CT molecular complexity index is 553. The smallest absolute Gasteiger partial charge is 0.210 e. The summed E-state index contributed by atoms with van der Waals surface area (Å²) in [7, 11) is 0. The van der Waals surface area contributed by atoms with Crippen LogP contribution in [0.15, 0.2) is 22.8 Å². The third-order valence-electron chi connectivity index (χ3n) is 1.92. The lowest BCUT2D eigenvalue weighted by atomic mass is 10.1. The van der Waals surface area contributed by atoms with Crippen molar-refractivity contribution in [1.29, 1.82) is 0 Å².